The Labute approximate surface area is 85.2 Å². The minimum absolute atomic E-state index is 0. The molecule has 0 saturated carbocycles. The van der Waals surface area contributed by atoms with E-state index in [-0.39, 0.29) is 9.95 Å². The molecule has 0 aromatic heterocycles. The minimum atomic E-state index is -0.191. The van der Waals surface area contributed by atoms with Crippen LogP contribution in [0.15, 0.2) is 0 Å². The van der Waals surface area contributed by atoms with Crippen LogP contribution in [0.25, 0.3) is 0 Å². The van der Waals surface area contributed by atoms with Gasteiger partial charge in [-0.05, 0) is 18.0 Å². The summed E-state index contributed by atoms with van der Waals surface area (Å²) >= 11 is 5.20. The van der Waals surface area contributed by atoms with Gasteiger partial charge in [-0.3, -0.25) is 9.50 Å². The molecule has 0 aliphatic carbocycles. The molecule has 13 heavy (non-hydrogen) atoms. The lowest BCUT2D eigenvalue weighted by molar-refractivity contribution is -0.111. The molecule has 0 atom stereocenters. The molecular weight excluding hydrogens is 191 g/mol. The second kappa shape index (κ2) is 11.9. The maximum Gasteiger partial charge on any atom is 0.221 e. The van der Waals surface area contributed by atoms with Crippen LogP contribution in [-0.2, 0) is 4.79 Å². The smallest absolute Gasteiger partial charge is 0.221 e. The van der Waals surface area contributed by atoms with E-state index in [1.807, 2.05) is 0 Å². The molecule has 0 aromatic carbocycles. The lowest BCUT2D eigenvalue weighted by Gasteiger charge is -1.98. The lowest BCUT2D eigenvalue weighted by atomic mass is 10.1. The van der Waals surface area contributed by atoms with Gasteiger partial charge >= 0.3 is 0 Å². The molecule has 1 nitrogen and oxygen atoms in total. The van der Waals surface area contributed by atoms with Gasteiger partial charge in [-0.15, -0.1) is 0 Å². The SMILES string of the molecule is CCCCCCCCCC(=O)Cl.F. The Balaban J connectivity index is 0. The van der Waals surface area contributed by atoms with Crippen molar-refractivity contribution < 1.29 is 9.50 Å². The number of hydrogen-bond donors (Lipinski definition) is 0. The molecule has 0 heterocycles. The van der Waals surface area contributed by atoms with E-state index in [4.69, 9.17) is 11.6 Å². The van der Waals surface area contributed by atoms with Gasteiger partial charge in [0.05, 0.1) is 0 Å². The van der Waals surface area contributed by atoms with Crippen molar-refractivity contribution in [2.75, 3.05) is 0 Å². The van der Waals surface area contributed by atoms with Gasteiger partial charge in [-0.1, -0.05) is 45.4 Å². The summed E-state index contributed by atoms with van der Waals surface area (Å²) in [6.07, 6.45) is 9.21. The number of unbranched alkanes of at least 4 members (excludes halogenated alkanes) is 6. The second-order valence-electron chi connectivity index (χ2n) is 3.23. The fraction of sp³-hybridized carbons (Fsp3) is 0.900. The van der Waals surface area contributed by atoms with Crippen LogP contribution in [0.4, 0.5) is 4.70 Å². The Morgan fingerprint density at radius 2 is 1.46 bits per heavy atom. The van der Waals surface area contributed by atoms with Gasteiger partial charge in [0.2, 0.25) is 5.24 Å². The van der Waals surface area contributed by atoms with E-state index in [0.29, 0.717) is 6.42 Å². The highest BCUT2D eigenvalue weighted by molar-refractivity contribution is 6.63. The first-order chi connectivity index (χ1) is 5.77. The summed E-state index contributed by atoms with van der Waals surface area (Å²) in [5, 5.41) is -0.191. The quantitative estimate of drug-likeness (QED) is 0.437. The first-order valence-electron chi connectivity index (χ1n) is 4.95. The second-order valence-corrected chi connectivity index (χ2v) is 3.65. The van der Waals surface area contributed by atoms with Gasteiger partial charge < -0.3 is 0 Å². The van der Waals surface area contributed by atoms with Gasteiger partial charge in [-0.25, -0.2) is 0 Å². The largest absolute Gasteiger partial charge is 0.281 e. The Kier molecular flexibility index (Phi) is 14.1. The van der Waals surface area contributed by atoms with Gasteiger partial charge in [-0.2, -0.15) is 0 Å². The summed E-state index contributed by atoms with van der Waals surface area (Å²) in [6.45, 7) is 2.21. The predicted octanol–water partition coefficient (Wildman–Crippen LogP) is 4.05. The molecule has 0 aromatic rings. The van der Waals surface area contributed by atoms with Crippen molar-refractivity contribution >= 4 is 16.8 Å². The van der Waals surface area contributed by atoms with E-state index in [9.17, 15) is 4.79 Å². The van der Waals surface area contributed by atoms with Crippen molar-refractivity contribution in [2.45, 2.75) is 58.3 Å². The van der Waals surface area contributed by atoms with Gasteiger partial charge in [0.25, 0.3) is 0 Å². The zero-order valence-electron chi connectivity index (χ0n) is 8.35. The summed E-state index contributed by atoms with van der Waals surface area (Å²) < 4.78 is 0. The third-order valence-corrected chi connectivity index (χ3v) is 2.17. The highest BCUT2D eigenvalue weighted by atomic mass is 35.5. The van der Waals surface area contributed by atoms with Crippen LogP contribution in [0.5, 0.6) is 0 Å². The zero-order chi connectivity index (χ0) is 9.23. The molecule has 0 radical (unpaired) electrons. The topological polar surface area (TPSA) is 17.1 Å². The van der Waals surface area contributed by atoms with Crippen LogP contribution in [0.1, 0.15) is 58.3 Å². The van der Waals surface area contributed by atoms with Gasteiger partial charge in [0.15, 0.2) is 0 Å². The average molecular weight is 211 g/mol. The molecule has 0 unspecified atom stereocenters. The van der Waals surface area contributed by atoms with Crippen LogP contribution >= 0.6 is 11.6 Å². The maximum atomic E-state index is 10.3. The van der Waals surface area contributed by atoms with Gasteiger partial charge in [0.1, 0.15) is 0 Å². The molecular formula is C10H20ClFO. The molecule has 0 fully saturated rings. The molecule has 0 saturated heterocycles. The first-order valence-corrected chi connectivity index (χ1v) is 5.33. The summed E-state index contributed by atoms with van der Waals surface area (Å²) in [6, 6.07) is 0. The summed E-state index contributed by atoms with van der Waals surface area (Å²) in [4.78, 5) is 10.3. The number of halogens is 2. The zero-order valence-corrected chi connectivity index (χ0v) is 9.11. The van der Waals surface area contributed by atoms with E-state index in [1.165, 1.54) is 32.1 Å². The lowest BCUT2D eigenvalue weighted by Crippen LogP contribution is -1.86. The number of rotatable bonds is 8. The van der Waals surface area contributed by atoms with Crippen LogP contribution in [-0.4, -0.2) is 5.24 Å². The minimum Gasteiger partial charge on any atom is -0.281 e. The number of carbonyl (C=O) groups excluding carboxylic acids is 1. The van der Waals surface area contributed by atoms with Crippen LogP contribution in [0, 0.1) is 0 Å². The van der Waals surface area contributed by atoms with E-state index < -0.39 is 0 Å². The Morgan fingerprint density at radius 1 is 1.00 bits per heavy atom. The normalized spacial score (nSPS) is 9.38. The molecule has 0 aliphatic rings. The fourth-order valence-electron chi connectivity index (χ4n) is 1.22. The van der Waals surface area contributed by atoms with Crippen molar-refractivity contribution in [3.63, 3.8) is 0 Å². The Hall–Kier alpha value is -0.110. The Morgan fingerprint density at radius 3 is 1.92 bits per heavy atom. The number of hydrogen-bond acceptors (Lipinski definition) is 1. The number of carbonyl (C=O) groups is 1. The van der Waals surface area contributed by atoms with Crippen LogP contribution in [0.2, 0.25) is 0 Å². The van der Waals surface area contributed by atoms with Crippen molar-refractivity contribution in [3.05, 3.63) is 0 Å². The molecule has 0 bridgehead atoms. The van der Waals surface area contributed by atoms with Crippen molar-refractivity contribution in [1.29, 1.82) is 0 Å². The maximum absolute atomic E-state index is 10.3. The van der Waals surface area contributed by atoms with Crippen LogP contribution < -0.4 is 0 Å². The van der Waals surface area contributed by atoms with E-state index in [2.05, 4.69) is 6.92 Å². The predicted molar refractivity (Wildman–Crippen MR) is 56.0 cm³/mol. The molecule has 0 amide bonds. The highest BCUT2D eigenvalue weighted by Crippen LogP contribution is 2.08. The van der Waals surface area contributed by atoms with Crippen molar-refractivity contribution in [3.8, 4) is 0 Å². The van der Waals surface area contributed by atoms with E-state index in [0.717, 1.165) is 12.8 Å². The average Bonchev–Trinajstić information content (AvgIpc) is 2.02. The fourth-order valence-corrected chi connectivity index (χ4v) is 1.35. The first kappa shape index (κ1) is 15.4. The molecule has 0 aliphatic heterocycles. The van der Waals surface area contributed by atoms with E-state index >= 15 is 0 Å². The third kappa shape index (κ3) is 14.7. The van der Waals surface area contributed by atoms with Gasteiger partial charge in [0, 0.05) is 6.42 Å². The Bertz CT molecular complexity index is 117. The standard InChI is InChI=1S/C10H19ClO.FH/c1-2-3-4-5-6-7-8-9-10(11)12;/h2-9H2,1H3;1H. The van der Waals surface area contributed by atoms with Crippen LogP contribution in [0.3, 0.4) is 0 Å². The molecule has 80 valence electrons. The molecule has 3 heteroatoms. The van der Waals surface area contributed by atoms with Crippen molar-refractivity contribution in [2.24, 2.45) is 0 Å². The van der Waals surface area contributed by atoms with Crippen molar-refractivity contribution in [1.82, 2.24) is 0 Å². The third-order valence-electron chi connectivity index (χ3n) is 1.98. The monoisotopic (exact) mass is 210 g/mol. The molecule has 0 rings (SSSR count). The summed E-state index contributed by atoms with van der Waals surface area (Å²) in [5.74, 6) is 0. The summed E-state index contributed by atoms with van der Waals surface area (Å²) in [7, 11) is 0. The molecule has 0 spiro atoms. The van der Waals surface area contributed by atoms with E-state index in [1.54, 1.807) is 0 Å². The summed E-state index contributed by atoms with van der Waals surface area (Å²) in [5.41, 5.74) is 0. The highest BCUT2D eigenvalue weighted by Gasteiger charge is 1.95. The molecule has 0 N–H and O–H groups in total.